The topological polar surface area (TPSA) is 108 Å². The average Bonchev–Trinajstić information content (AvgIpc) is 2.77. The van der Waals surface area contributed by atoms with Gasteiger partial charge in [0.25, 0.3) is 0 Å². The summed E-state index contributed by atoms with van der Waals surface area (Å²) >= 11 is 0. The van der Waals surface area contributed by atoms with Gasteiger partial charge in [-0.25, -0.2) is 0 Å². The minimum atomic E-state index is -1.03. The minimum Gasteiger partial charge on any atom is -0.480 e. The maximum absolute atomic E-state index is 13.1. The molecule has 0 aliphatic rings. The van der Waals surface area contributed by atoms with Gasteiger partial charge in [-0.05, 0) is 30.4 Å². The third-order valence-electron chi connectivity index (χ3n) is 5.07. The molecule has 0 fully saturated rings. The van der Waals surface area contributed by atoms with E-state index in [0.29, 0.717) is 19.4 Å². The first kappa shape index (κ1) is 25.1. The van der Waals surface area contributed by atoms with Gasteiger partial charge in [0.05, 0.1) is 6.04 Å². The van der Waals surface area contributed by atoms with E-state index >= 15 is 0 Å². The van der Waals surface area contributed by atoms with Gasteiger partial charge in [-0.1, -0.05) is 74.5 Å². The molecule has 0 saturated heterocycles. The highest BCUT2D eigenvalue weighted by Crippen LogP contribution is 2.09. The van der Waals surface area contributed by atoms with Gasteiger partial charge in [0.15, 0.2) is 0 Å². The van der Waals surface area contributed by atoms with Crippen LogP contribution in [0.4, 0.5) is 0 Å². The molecule has 1 unspecified atom stereocenters. The molecular formula is C25H33N3O4. The molecule has 0 aliphatic carbocycles. The van der Waals surface area contributed by atoms with Crippen LogP contribution in [-0.2, 0) is 27.3 Å². The first-order valence-corrected chi connectivity index (χ1v) is 10.9. The Morgan fingerprint density at radius 1 is 0.812 bits per heavy atom. The largest absolute Gasteiger partial charge is 0.480 e. The molecule has 0 aliphatic heterocycles. The smallest absolute Gasteiger partial charge is 0.320 e. The number of amides is 2. The zero-order chi connectivity index (χ0) is 23.5. The van der Waals surface area contributed by atoms with E-state index in [1.807, 2.05) is 74.5 Å². The summed E-state index contributed by atoms with van der Waals surface area (Å²) < 4.78 is 0. The lowest BCUT2D eigenvalue weighted by Gasteiger charge is -2.25. The standard InChI is InChI=1S/C25H33N3O4/c1-17(2)14-21(27-18(3)25(31)32)24(30)28-22(15-19-10-6-4-7-11-19)23(29)26-16-20-12-8-5-9-13-20/h4-13,17-18,21-22,27H,14-16H2,1-3H3,(H,26,29)(H,28,30)(H,31,32)/t18-,21?,22+/m1/s1. The molecule has 2 rings (SSSR count). The van der Waals surface area contributed by atoms with Crippen molar-refractivity contribution in [3.8, 4) is 0 Å². The minimum absolute atomic E-state index is 0.165. The molecule has 0 saturated carbocycles. The molecule has 32 heavy (non-hydrogen) atoms. The van der Waals surface area contributed by atoms with Crippen molar-refractivity contribution in [1.82, 2.24) is 16.0 Å². The van der Waals surface area contributed by atoms with Gasteiger partial charge < -0.3 is 15.7 Å². The second kappa shape index (κ2) is 12.6. The zero-order valence-corrected chi connectivity index (χ0v) is 18.9. The Morgan fingerprint density at radius 3 is 1.91 bits per heavy atom. The molecule has 2 aromatic carbocycles. The van der Waals surface area contributed by atoms with Crippen LogP contribution in [0.1, 0.15) is 38.3 Å². The van der Waals surface area contributed by atoms with E-state index in [4.69, 9.17) is 0 Å². The molecule has 0 bridgehead atoms. The van der Waals surface area contributed by atoms with Gasteiger partial charge in [-0.2, -0.15) is 0 Å². The summed E-state index contributed by atoms with van der Waals surface area (Å²) in [7, 11) is 0. The number of rotatable bonds is 12. The van der Waals surface area contributed by atoms with Crippen LogP contribution in [0.3, 0.4) is 0 Å². The van der Waals surface area contributed by atoms with Gasteiger partial charge in [0.1, 0.15) is 12.1 Å². The third-order valence-corrected chi connectivity index (χ3v) is 5.07. The maximum Gasteiger partial charge on any atom is 0.320 e. The molecule has 172 valence electrons. The lowest BCUT2D eigenvalue weighted by molar-refractivity contribution is -0.139. The first-order chi connectivity index (χ1) is 15.3. The number of carbonyl (C=O) groups is 3. The highest BCUT2D eigenvalue weighted by atomic mass is 16.4. The first-order valence-electron chi connectivity index (χ1n) is 10.9. The van der Waals surface area contributed by atoms with Crippen LogP contribution in [-0.4, -0.2) is 41.0 Å². The average molecular weight is 440 g/mol. The van der Waals surface area contributed by atoms with Crippen LogP contribution in [0.5, 0.6) is 0 Å². The van der Waals surface area contributed by atoms with Gasteiger partial charge in [0, 0.05) is 13.0 Å². The van der Waals surface area contributed by atoms with Crippen LogP contribution in [0, 0.1) is 5.92 Å². The summed E-state index contributed by atoms with van der Waals surface area (Å²) in [6.45, 7) is 5.77. The van der Waals surface area contributed by atoms with Crippen LogP contribution >= 0.6 is 0 Å². The Bertz CT molecular complexity index is 871. The summed E-state index contributed by atoms with van der Waals surface area (Å²) in [5.41, 5.74) is 1.88. The van der Waals surface area contributed by atoms with E-state index in [1.54, 1.807) is 0 Å². The SMILES string of the molecule is CC(C)CC(N[C@H](C)C(=O)O)C(=O)N[C@@H](Cc1ccccc1)C(=O)NCc1ccccc1. The highest BCUT2D eigenvalue weighted by molar-refractivity contribution is 5.90. The summed E-state index contributed by atoms with van der Waals surface area (Å²) in [4.78, 5) is 37.3. The van der Waals surface area contributed by atoms with Gasteiger partial charge in [-0.15, -0.1) is 0 Å². The van der Waals surface area contributed by atoms with Crippen LogP contribution in [0.25, 0.3) is 0 Å². The lowest BCUT2D eigenvalue weighted by Crippen LogP contribution is -2.55. The quantitative estimate of drug-likeness (QED) is 0.407. The molecular weight excluding hydrogens is 406 g/mol. The monoisotopic (exact) mass is 439 g/mol. The van der Waals surface area contributed by atoms with Crippen molar-refractivity contribution in [2.24, 2.45) is 5.92 Å². The molecule has 7 heteroatoms. The molecule has 2 amide bonds. The Hall–Kier alpha value is -3.19. The predicted octanol–water partition coefficient (Wildman–Crippen LogP) is 2.51. The predicted molar refractivity (Wildman–Crippen MR) is 124 cm³/mol. The lowest BCUT2D eigenvalue weighted by atomic mass is 10.0. The summed E-state index contributed by atoms with van der Waals surface area (Å²) in [5.74, 6) is -1.55. The second-order valence-electron chi connectivity index (χ2n) is 8.36. The molecule has 2 aromatic rings. The van der Waals surface area contributed by atoms with Crippen molar-refractivity contribution in [3.05, 3.63) is 71.8 Å². The van der Waals surface area contributed by atoms with E-state index in [-0.39, 0.29) is 17.7 Å². The summed E-state index contributed by atoms with van der Waals surface area (Å²) in [5, 5.41) is 17.8. The molecule has 0 radical (unpaired) electrons. The second-order valence-corrected chi connectivity index (χ2v) is 8.36. The zero-order valence-electron chi connectivity index (χ0n) is 18.9. The van der Waals surface area contributed by atoms with E-state index in [9.17, 15) is 19.5 Å². The van der Waals surface area contributed by atoms with Crippen molar-refractivity contribution in [2.45, 2.75) is 58.3 Å². The van der Waals surface area contributed by atoms with E-state index in [0.717, 1.165) is 11.1 Å². The van der Waals surface area contributed by atoms with E-state index in [2.05, 4.69) is 16.0 Å². The number of nitrogens with one attached hydrogen (secondary N) is 3. The van der Waals surface area contributed by atoms with Crippen molar-refractivity contribution in [2.75, 3.05) is 0 Å². The molecule has 3 atom stereocenters. The number of carboxylic acids is 1. The van der Waals surface area contributed by atoms with Gasteiger partial charge in [0.2, 0.25) is 11.8 Å². The molecule has 0 aromatic heterocycles. The van der Waals surface area contributed by atoms with Gasteiger partial charge in [-0.3, -0.25) is 19.7 Å². The van der Waals surface area contributed by atoms with Gasteiger partial charge >= 0.3 is 5.97 Å². The summed E-state index contributed by atoms with van der Waals surface area (Å²) in [6.07, 6.45) is 0.781. The van der Waals surface area contributed by atoms with Crippen molar-refractivity contribution in [3.63, 3.8) is 0 Å². The molecule has 4 N–H and O–H groups in total. The van der Waals surface area contributed by atoms with Crippen LogP contribution in [0.2, 0.25) is 0 Å². The Morgan fingerprint density at radius 2 is 1.38 bits per heavy atom. The summed E-state index contributed by atoms with van der Waals surface area (Å²) in [6, 6.07) is 16.6. The molecule has 0 spiro atoms. The normalized spacial score (nSPS) is 13.8. The Kier molecular flexibility index (Phi) is 9.88. The molecule has 7 nitrogen and oxygen atoms in total. The van der Waals surface area contributed by atoms with Crippen molar-refractivity contribution in [1.29, 1.82) is 0 Å². The number of hydrogen-bond acceptors (Lipinski definition) is 4. The maximum atomic E-state index is 13.1. The number of aliphatic carboxylic acids is 1. The van der Waals surface area contributed by atoms with Crippen LogP contribution in [0.15, 0.2) is 60.7 Å². The Labute approximate surface area is 189 Å². The Balaban J connectivity index is 2.14. The fourth-order valence-electron chi connectivity index (χ4n) is 3.33. The number of benzene rings is 2. The number of carboxylic acid groups (broad SMARTS) is 1. The molecule has 0 heterocycles. The van der Waals surface area contributed by atoms with Crippen molar-refractivity contribution >= 4 is 17.8 Å². The number of hydrogen-bond donors (Lipinski definition) is 4. The third kappa shape index (κ3) is 8.51. The number of carbonyl (C=O) groups excluding carboxylic acids is 2. The fourth-order valence-corrected chi connectivity index (χ4v) is 3.33. The highest BCUT2D eigenvalue weighted by Gasteiger charge is 2.28. The fraction of sp³-hybridized carbons (Fsp3) is 0.400. The van der Waals surface area contributed by atoms with E-state index < -0.39 is 24.1 Å². The van der Waals surface area contributed by atoms with Crippen LogP contribution < -0.4 is 16.0 Å². The van der Waals surface area contributed by atoms with Crippen molar-refractivity contribution < 1.29 is 19.5 Å². The van der Waals surface area contributed by atoms with E-state index in [1.165, 1.54) is 6.92 Å².